The first kappa shape index (κ1) is 21.9. The lowest BCUT2D eigenvalue weighted by Gasteiger charge is -2.33. The molecule has 0 saturated carbocycles. The summed E-state index contributed by atoms with van der Waals surface area (Å²) in [7, 11) is 0. The van der Waals surface area contributed by atoms with Crippen LogP contribution in [-0.2, 0) is 4.79 Å². The standard InChI is InChI=1S/C24H26ClN3O2S/c1-16-6-4-5-12-28(16)13-11-26-23(29)18-9-10-21-20(14-18)27-24(30)22(31-21)15-17-7-2-3-8-19(17)25/h2-3,7-10,14-16H,4-6,11-13H2,1H3,(H,26,29)(H,27,30)/b22-15+. The fourth-order valence-electron chi connectivity index (χ4n) is 3.94. The molecule has 2 aliphatic heterocycles. The zero-order valence-corrected chi connectivity index (χ0v) is 19.1. The van der Waals surface area contributed by atoms with Crippen molar-refractivity contribution in [3.63, 3.8) is 0 Å². The van der Waals surface area contributed by atoms with Crippen LogP contribution in [0.5, 0.6) is 0 Å². The second-order valence-electron chi connectivity index (χ2n) is 7.93. The molecular weight excluding hydrogens is 430 g/mol. The predicted octanol–water partition coefficient (Wildman–Crippen LogP) is 5.03. The normalized spacial score (nSPS) is 20.3. The highest BCUT2D eigenvalue weighted by molar-refractivity contribution is 8.04. The highest BCUT2D eigenvalue weighted by Gasteiger charge is 2.23. The second kappa shape index (κ2) is 9.90. The molecule has 0 spiro atoms. The van der Waals surface area contributed by atoms with E-state index < -0.39 is 0 Å². The lowest BCUT2D eigenvalue weighted by molar-refractivity contribution is -0.112. The Hall–Kier alpha value is -2.28. The van der Waals surface area contributed by atoms with Crippen LogP contribution in [0.15, 0.2) is 52.3 Å². The van der Waals surface area contributed by atoms with Crippen LogP contribution in [0.25, 0.3) is 6.08 Å². The topological polar surface area (TPSA) is 61.4 Å². The number of thioether (sulfide) groups is 1. The molecule has 2 heterocycles. The Morgan fingerprint density at radius 3 is 2.94 bits per heavy atom. The fraction of sp³-hybridized carbons (Fsp3) is 0.333. The molecule has 1 unspecified atom stereocenters. The Morgan fingerprint density at radius 1 is 1.29 bits per heavy atom. The van der Waals surface area contributed by atoms with E-state index in [1.54, 1.807) is 24.3 Å². The lowest BCUT2D eigenvalue weighted by Crippen LogP contribution is -2.42. The fourth-order valence-corrected chi connectivity index (χ4v) is 5.05. The maximum atomic E-state index is 12.6. The first-order valence-corrected chi connectivity index (χ1v) is 11.8. The van der Waals surface area contributed by atoms with Crippen molar-refractivity contribution in [3.8, 4) is 0 Å². The van der Waals surface area contributed by atoms with Gasteiger partial charge in [0, 0.05) is 34.6 Å². The van der Waals surface area contributed by atoms with E-state index in [1.807, 2.05) is 24.3 Å². The molecule has 162 valence electrons. The van der Waals surface area contributed by atoms with Crippen LogP contribution in [0.3, 0.4) is 0 Å². The van der Waals surface area contributed by atoms with Gasteiger partial charge in [-0.3, -0.25) is 14.5 Å². The largest absolute Gasteiger partial charge is 0.351 e. The van der Waals surface area contributed by atoms with Gasteiger partial charge in [0.2, 0.25) is 0 Å². The van der Waals surface area contributed by atoms with Gasteiger partial charge in [0.25, 0.3) is 11.8 Å². The SMILES string of the molecule is CC1CCCCN1CCNC(=O)c1ccc2c(c1)NC(=O)/C(=C\c1ccccc1Cl)S2. The molecule has 2 aromatic rings. The molecule has 2 aromatic carbocycles. The summed E-state index contributed by atoms with van der Waals surface area (Å²) in [6.07, 6.45) is 5.53. The molecule has 5 nitrogen and oxygen atoms in total. The van der Waals surface area contributed by atoms with E-state index in [1.165, 1.54) is 31.0 Å². The third-order valence-electron chi connectivity index (χ3n) is 5.75. The summed E-state index contributed by atoms with van der Waals surface area (Å²) in [5.74, 6) is -0.321. The number of anilines is 1. The molecule has 0 aliphatic carbocycles. The van der Waals surface area contributed by atoms with Crippen LogP contribution >= 0.6 is 23.4 Å². The van der Waals surface area contributed by atoms with Gasteiger partial charge in [0.1, 0.15) is 0 Å². The number of rotatable bonds is 5. The zero-order valence-electron chi connectivity index (χ0n) is 17.5. The Labute approximate surface area is 192 Å². The molecule has 4 rings (SSSR count). The van der Waals surface area contributed by atoms with E-state index in [4.69, 9.17) is 11.6 Å². The summed E-state index contributed by atoms with van der Waals surface area (Å²) in [6.45, 7) is 4.83. The molecule has 1 saturated heterocycles. The monoisotopic (exact) mass is 455 g/mol. The molecule has 7 heteroatoms. The van der Waals surface area contributed by atoms with Crippen LogP contribution in [0.1, 0.15) is 42.1 Å². The first-order chi connectivity index (χ1) is 15.0. The number of nitrogens with zero attached hydrogens (tertiary/aromatic N) is 1. The molecule has 1 fully saturated rings. The van der Waals surface area contributed by atoms with E-state index >= 15 is 0 Å². The van der Waals surface area contributed by atoms with Crippen molar-refractivity contribution < 1.29 is 9.59 Å². The molecule has 0 aromatic heterocycles. The van der Waals surface area contributed by atoms with Crippen LogP contribution in [-0.4, -0.2) is 42.4 Å². The average Bonchev–Trinajstić information content (AvgIpc) is 2.76. The number of fused-ring (bicyclic) bond motifs is 1. The number of carbonyl (C=O) groups excluding carboxylic acids is 2. The van der Waals surface area contributed by atoms with Crippen molar-refractivity contribution in [1.82, 2.24) is 10.2 Å². The minimum Gasteiger partial charge on any atom is -0.351 e. The first-order valence-electron chi connectivity index (χ1n) is 10.6. The summed E-state index contributed by atoms with van der Waals surface area (Å²) in [4.78, 5) is 29.1. The van der Waals surface area contributed by atoms with Crippen molar-refractivity contribution in [2.45, 2.75) is 37.1 Å². The van der Waals surface area contributed by atoms with Gasteiger partial charge in [-0.2, -0.15) is 0 Å². The van der Waals surface area contributed by atoms with Gasteiger partial charge in [-0.15, -0.1) is 0 Å². The molecule has 2 N–H and O–H groups in total. The Bertz CT molecular complexity index is 1020. The van der Waals surface area contributed by atoms with Crippen LogP contribution < -0.4 is 10.6 Å². The van der Waals surface area contributed by atoms with Gasteiger partial charge >= 0.3 is 0 Å². The molecule has 2 aliphatic rings. The molecule has 2 amide bonds. The van der Waals surface area contributed by atoms with Crippen LogP contribution in [0, 0.1) is 0 Å². The number of likely N-dealkylation sites (tertiary alicyclic amines) is 1. The molecule has 0 bridgehead atoms. The summed E-state index contributed by atoms with van der Waals surface area (Å²) < 4.78 is 0. The maximum Gasteiger partial charge on any atom is 0.262 e. The smallest absolute Gasteiger partial charge is 0.262 e. The van der Waals surface area contributed by atoms with E-state index in [0.717, 1.165) is 23.5 Å². The number of amides is 2. The quantitative estimate of drug-likeness (QED) is 0.621. The number of benzene rings is 2. The zero-order chi connectivity index (χ0) is 21.8. The Kier molecular flexibility index (Phi) is 7.00. The van der Waals surface area contributed by atoms with Crippen molar-refractivity contribution in [2.24, 2.45) is 0 Å². The van der Waals surface area contributed by atoms with Gasteiger partial charge < -0.3 is 10.6 Å². The minimum absolute atomic E-state index is 0.121. The van der Waals surface area contributed by atoms with Gasteiger partial charge in [0.05, 0.1) is 10.6 Å². The molecule has 0 radical (unpaired) electrons. The van der Waals surface area contributed by atoms with E-state index in [9.17, 15) is 9.59 Å². The average molecular weight is 456 g/mol. The van der Waals surface area contributed by atoms with Crippen LogP contribution in [0.2, 0.25) is 5.02 Å². The minimum atomic E-state index is -0.200. The third-order valence-corrected chi connectivity index (χ3v) is 7.19. The second-order valence-corrected chi connectivity index (χ2v) is 9.42. The maximum absolute atomic E-state index is 12.6. The van der Waals surface area contributed by atoms with Crippen molar-refractivity contribution in [2.75, 3.05) is 25.0 Å². The van der Waals surface area contributed by atoms with Crippen molar-refractivity contribution in [3.05, 3.63) is 63.5 Å². The van der Waals surface area contributed by atoms with E-state index in [-0.39, 0.29) is 11.8 Å². The van der Waals surface area contributed by atoms with Crippen LogP contribution in [0.4, 0.5) is 5.69 Å². The molecular formula is C24H26ClN3O2S. The van der Waals surface area contributed by atoms with Gasteiger partial charge in [-0.05, 0) is 62.2 Å². The lowest BCUT2D eigenvalue weighted by atomic mass is 10.0. The summed E-state index contributed by atoms with van der Waals surface area (Å²) >= 11 is 7.59. The summed E-state index contributed by atoms with van der Waals surface area (Å²) in [5.41, 5.74) is 2.00. The Balaban J connectivity index is 1.40. The highest BCUT2D eigenvalue weighted by atomic mass is 35.5. The summed E-state index contributed by atoms with van der Waals surface area (Å²) in [6, 6.07) is 13.4. The number of carbonyl (C=O) groups is 2. The Morgan fingerprint density at radius 2 is 2.13 bits per heavy atom. The number of nitrogens with one attached hydrogen (secondary N) is 2. The van der Waals surface area contributed by atoms with Gasteiger partial charge in [0.15, 0.2) is 0 Å². The van der Waals surface area contributed by atoms with Crippen molar-refractivity contribution in [1.29, 1.82) is 0 Å². The number of hydrogen-bond donors (Lipinski definition) is 2. The van der Waals surface area contributed by atoms with Crippen molar-refractivity contribution >= 4 is 46.9 Å². The number of piperidine rings is 1. The number of halogens is 1. The third kappa shape index (κ3) is 5.32. The predicted molar refractivity (Wildman–Crippen MR) is 128 cm³/mol. The number of hydrogen-bond acceptors (Lipinski definition) is 4. The summed E-state index contributed by atoms with van der Waals surface area (Å²) in [5, 5.41) is 6.50. The van der Waals surface area contributed by atoms with Gasteiger partial charge in [-0.1, -0.05) is 48.0 Å². The highest BCUT2D eigenvalue weighted by Crippen LogP contribution is 2.39. The van der Waals surface area contributed by atoms with Gasteiger partial charge in [-0.25, -0.2) is 0 Å². The van der Waals surface area contributed by atoms with E-state index in [0.29, 0.717) is 33.8 Å². The molecule has 1 atom stereocenters. The molecule has 31 heavy (non-hydrogen) atoms. The van der Waals surface area contributed by atoms with E-state index in [2.05, 4.69) is 22.5 Å².